The van der Waals surface area contributed by atoms with E-state index < -0.39 is 0 Å². The van der Waals surface area contributed by atoms with E-state index in [1.54, 1.807) is 0 Å². The molecule has 2 fully saturated rings. The molecule has 0 amide bonds. The second-order valence-electron chi connectivity index (χ2n) is 6.80. The zero-order valence-corrected chi connectivity index (χ0v) is 14.3. The van der Waals surface area contributed by atoms with Gasteiger partial charge in [0.15, 0.2) is 5.96 Å². The zero-order valence-electron chi connectivity index (χ0n) is 14.3. The fourth-order valence-electron chi connectivity index (χ4n) is 3.55. The minimum atomic E-state index is 0.732. The van der Waals surface area contributed by atoms with E-state index in [-0.39, 0.29) is 0 Å². The van der Waals surface area contributed by atoms with Crippen molar-refractivity contribution in [2.75, 3.05) is 39.8 Å². The van der Waals surface area contributed by atoms with Gasteiger partial charge in [-0.1, -0.05) is 36.8 Å². The summed E-state index contributed by atoms with van der Waals surface area (Å²) in [5.41, 5.74) is 1.48. The molecule has 0 bridgehead atoms. The fourth-order valence-corrected chi connectivity index (χ4v) is 3.55. The van der Waals surface area contributed by atoms with Crippen molar-refractivity contribution in [1.82, 2.24) is 15.5 Å². The topological polar surface area (TPSA) is 39.7 Å². The van der Waals surface area contributed by atoms with Crippen LogP contribution in [0.25, 0.3) is 0 Å². The molecule has 1 aliphatic heterocycles. The summed E-state index contributed by atoms with van der Waals surface area (Å²) >= 11 is 0. The average molecular weight is 314 g/mol. The lowest BCUT2D eigenvalue weighted by Gasteiger charge is -2.26. The first-order chi connectivity index (χ1) is 11.4. The van der Waals surface area contributed by atoms with Crippen LogP contribution in [0.5, 0.6) is 0 Å². The van der Waals surface area contributed by atoms with Crippen LogP contribution in [0.4, 0.5) is 0 Å². The first kappa shape index (κ1) is 16.3. The molecule has 1 aliphatic carbocycles. The Morgan fingerprint density at radius 2 is 1.91 bits per heavy atom. The van der Waals surface area contributed by atoms with Gasteiger partial charge < -0.3 is 15.5 Å². The Labute approximate surface area is 140 Å². The van der Waals surface area contributed by atoms with Crippen molar-refractivity contribution in [3.8, 4) is 0 Å². The molecule has 0 spiro atoms. The maximum atomic E-state index is 4.34. The summed E-state index contributed by atoms with van der Waals surface area (Å²) < 4.78 is 0. The minimum absolute atomic E-state index is 0.732. The molecule has 1 heterocycles. The molecule has 1 saturated carbocycles. The van der Waals surface area contributed by atoms with Gasteiger partial charge in [0.2, 0.25) is 0 Å². The maximum Gasteiger partial charge on any atom is 0.191 e. The van der Waals surface area contributed by atoms with Crippen LogP contribution in [0, 0.1) is 5.92 Å². The second-order valence-corrected chi connectivity index (χ2v) is 6.80. The van der Waals surface area contributed by atoms with Gasteiger partial charge in [-0.15, -0.1) is 0 Å². The summed E-state index contributed by atoms with van der Waals surface area (Å²) in [6.07, 6.45) is 5.41. The third-order valence-electron chi connectivity index (χ3n) is 5.07. The highest BCUT2D eigenvalue weighted by Gasteiger charge is 2.37. The summed E-state index contributed by atoms with van der Waals surface area (Å²) in [6, 6.07) is 10.9. The molecule has 23 heavy (non-hydrogen) atoms. The molecule has 0 radical (unpaired) electrons. The van der Waals surface area contributed by atoms with Crippen molar-refractivity contribution in [2.45, 2.75) is 31.6 Å². The van der Waals surface area contributed by atoms with Crippen LogP contribution in [-0.2, 0) is 0 Å². The van der Waals surface area contributed by atoms with Crippen LogP contribution in [0.2, 0.25) is 0 Å². The highest BCUT2D eigenvalue weighted by Crippen LogP contribution is 2.46. The average Bonchev–Trinajstić information content (AvgIpc) is 3.39. The molecule has 0 aromatic heterocycles. The Kier molecular flexibility index (Phi) is 5.92. The Balaban J connectivity index is 1.32. The maximum absolute atomic E-state index is 4.34. The highest BCUT2D eigenvalue weighted by molar-refractivity contribution is 5.79. The van der Waals surface area contributed by atoms with Crippen LogP contribution >= 0.6 is 0 Å². The minimum Gasteiger partial charge on any atom is -0.356 e. The second kappa shape index (κ2) is 8.34. The Bertz CT molecular complexity index is 493. The molecule has 4 nitrogen and oxygen atoms in total. The van der Waals surface area contributed by atoms with Crippen LogP contribution < -0.4 is 10.6 Å². The predicted octanol–water partition coefficient (Wildman–Crippen LogP) is 2.44. The van der Waals surface area contributed by atoms with E-state index in [2.05, 4.69) is 50.9 Å². The number of rotatable bonds is 6. The number of hydrogen-bond donors (Lipinski definition) is 2. The molecule has 2 aliphatic rings. The summed E-state index contributed by atoms with van der Waals surface area (Å²) in [6.45, 7) is 5.63. The van der Waals surface area contributed by atoms with Crippen molar-refractivity contribution in [3.63, 3.8) is 0 Å². The van der Waals surface area contributed by atoms with Crippen LogP contribution in [-0.4, -0.2) is 50.6 Å². The number of likely N-dealkylation sites (tertiary alicyclic amines) is 1. The van der Waals surface area contributed by atoms with Gasteiger partial charge in [-0.05, 0) is 49.8 Å². The normalized spacial score (nSPS) is 25.2. The lowest BCUT2D eigenvalue weighted by molar-refractivity contribution is 0.232. The first-order valence-corrected chi connectivity index (χ1v) is 9.08. The third kappa shape index (κ3) is 4.96. The van der Waals surface area contributed by atoms with Crippen molar-refractivity contribution in [3.05, 3.63) is 35.9 Å². The van der Waals surface area contributed by atoms with Gasteiger partial charge in [-0.25, -0.2) is 0 Å². The number of hydrogen-bond acceptors (Lipinski definition) is 2. The highest BCUT2D eigenvalue weighted by atomic mass is 15.2. The summed E-state index contributed by atoms with van der Waals surface area (Å²) in [5.74, 6) is 2.42. The smallest absolute Gasteiger partial charge is 0.191 e. The van der Waals surface area contributed by atoms with Gasteiger partial charge in [0.1, 0.15) is 0 Å². The van der Waals surface area contributed by atoms with Gasteiger partial charge in [0.05, 0.1) is 0 Å². The number of nitrogens with one attached hydrogen (secondary N) is 2. The fraction of sp³-hybridized carbons (Fsp3) is 0.632. The van der Waals surface area contributed by atoms with E-state index in [1.807, 2.05) is 7.05 Å². The van der Waals surface area contributed by atoms with Gasteiger partial charge in [-0.2, -0.15) is 0 Å². The molecule has 2 unspecified atom stereocenters. The number of aliphatic imine (C=N–C) groups is 1. The van der Waals surface area contributed by atoms with E-state index in [0.717, 1.165) is 37.4 Å². The summed E-state index contributed by atoms with van der Waals surface area (Å²) in [7, 11) is 1.86. The molecule has 3 rings (SSSR count). The molecule has 1 aromatic rings. The number of benzene rings is 1. The number of nitrogens with zero attached hydrogens (tertiary/aromatic N) is 2. The van der Waals surface area contributed by atoms with Crippen LogP contribution in [0.15, 0.2) is 35.3 Å². The van der Waals surface area contributed by atoms with Gasteiger partial charge >= 0.3 is 0 Å². The summed E-state index contributed by atoms with van der Waals surface area (Å²) in [4.78, 5) is 6.90. The van der Waals surface area contributed by atoms with Gasteiger partial charge in [-0.3, -0.25) is 4.99 Å². The van der Waals surface area contributed by atoms with Crippen molar-refractivity contribution in [1.29, 1.82) is 0 Å². The molecular weight excluding hydrogens is 284 g/mol. The van der Waals surface area contributed by atoms with Crippen molar-refractivity contribution < 1.29 is 0 Å². The van der Waals surface area contributed by atoms with E-state index in [0.29, 0.717) is 0 Å². The molecular formula is C19H30N4. The number of piperidine rings is 1. The SMILES string of the molecule is CN=C(NCCN1CCCCC1)NCC1CC1c1ccccc1. The van der Waals surface area contributed by atoms with E-state index in [4.69, 9.17) is 0 Å². The van der Waals surface area contributed by atoms with E-state index >= 15 is 0 Å². The molecule has 4 heteroatoms. The Morgan fingerprint density at radius 1 is 1.13 bits per heavy atom. The monoisotopic (exact) mass is 314 g/mol. The number of guanidine groups is 1. The third-order valence-corrected chi connectivity index (χ3v) is 5.07. The van der Waals surface area contributed by atoms with E-state index in [9.17, 15) is 0 Å². The quantitative estimate of drug-likeness (QED) is 0.626. The lowest BCUT2D eigenvalue weighted by Crippen LogP contribution is -2.43. The zero-order chi connectivity index (χ0) is 15.9. The molecule has 2 N–H and O–H groups in total. The predicted molar refractivity (Wildman–Crippen MR) is 96.9 cm³/mol. The molecule has 1 aromatic carbocycles. The lowest BCUT2D eigenvalue weighted by atomic mass is 10.1. The van der Waals surface area contributed by atoms with Gasteiger partial charge in [0.25, 0.3) is 0 Å². The van der Waals surface area contributed by atoms with E-state index in [1.165, 1.54) is 44.3 Å². The standard InChI is InChI=1S/C19H30N4/c1-20-19(21-10-13-23-11-6-3-7-12-23)22-15-17-14-18(17)16-8-4-2-5-9-16/h2,4-5,8-9,17-18H,3,6-7,10-15H2,1H3,(H2,20,21,22). The molecule has 1 saturated heterocycles. The van der Waals surface area contributed by atoms with Crippen molar-refractivity contribution >= 4 is 5.96 Å². The Hall–Kier alpha value is -1.55. The summed E-state index contributed by atoms with van der Waals surface area (Å²) in [5, 5.41) is 6.94. The first-order valence-electron chi connectivity index (χ1n) is 9.08. The van der Waals surface area contributed by atoms with Crippen LogP contribution in [0.3, 0.4) is 0 Å². The van der Waals surface area contributed by atoms with Crippen molar-refractivity contribution in [2.24, 2.45) is 10.9 Å². The molecule has 126 valence electrons. The Morgan fingerprint density at radius 3 is 2.65 bits per heavy atom. The van der Waals surface area contributed by atoms with Gasteiger partial charge in [0, 0.05) is 26.7 Å². The van der Waals surface area contributed by atoms with Crippen LogP contribution in [0.1, 0.15) is 37.2 Å². The largest absolute Gasteiger partial charge is 0.356 e. The molecule has 2 atom stereocenters.